The molecule has 2 aromatic heterocycles. The fourth-order valence-corrected chi connectivity index (χ4v) is 2.04. The molecule has 2 N–H and O–H groups in total. The summed E-state index contributed by atoms with van der Waals surface area (Å²) in [5.74, 6) is 1.04. The highest BCUT2D eigenvalue weighted by molar-refractivity contribution is 7.09. The first-order valence-corrected chi connectivity index (χ1v) is 5.76. The van der Waals surface area contributed by atoms with Gasteiger partial charge in [-0.2, -0.15) is 0 Å². The topological polar surface area (TPSA) is 56.7 Å². The Kier molecular flexibility index (Phi) is 3.13. The lowest BCUT2D eigenvalue weighted by molar-refractivity contribution is 0.651. The first kappa shape index (κ1) is 10.3. The zero-order chi connectivity index (χ0) is 10.7. The van der Waals surface area contributed by atoms with Crippen molar-refractivity contribution in [3.05, 3.63) is 34.8 Å². The van der Waals surface area contributed by atoms with E-state index in [1.165, 1.54) is 4.88 Å². The normalized spacial score (nSPS) is 12.9. The Morgan fingerprint density at radius 3 is 3.13 bits per heavy atom. The third kappa shape index (κ3) is 2.64. The third-order valence-electron chi connectivity index (χ3n) is 2.12. The van der Waals surface area contributed by atoms with Crippen molar-refractivity contribution in [3.63, 3.8) is 0 Å². The Labute approximate surface area is 92.8 Å². The maximum Gasteiger partial charge on any atom is 0.110 e. The number of nitrogens with zero attached hydrogens (tertiary/aromatic N) is 3. The average molecular weight is 222 g/mol. The summed E-state index contributed by atoms with van der Waals surface area (Å²) in [5, 5.41) is 0. The van der Waals surface area contributed by atoms with Gasteiger partial charge in [0.05, 0.1) is 12.1 Å². The molecule has 0 aromatic carbocycles. The lowest BCUT2D eigenvalue weighted by Gasteiger charge is -2.07. The van der Waals surface area contributed by atoms with Gasteiger partial charge in [-0.3, -0.25) is 4.98 Å². The van der Waals surface area contributed by atoms with Gasteiger partial charge in [-0.15, -0.1) is 11.3 Å². The summed E-state index contributed by atoms with van der Waals surface area (Å²) in [6.45, 7) is 2.83. The molecule has 4 nitrogen and oxygen atoms in total. The van der Waals surface area contributed by atoms with Crippen molar-refractivity contribution in [1.29, 1.82) is 0 Å². The van der Waals surface area contributed by atoms with E-state index in [1.54, 1.807) is 11.3 Å². The molecule has 80 valence electrons. The summed E-state index contributed by atoms with van der Waals surface area (Å²) < 4.78 is 2.12. The molecule has 0 fully saturated rings. The quantitative estimate of drug-likeness (QED) is 0.847. The fraction of sp³-hybridized carbons (Fsp3) is 0.400. The van der Waals surface area contributed by atoms with Crippen LogP contribution < -0.4 is 5.73 Å². The Morgan fingerprint density at radius 2 is 2.47 bits per heavy atom. The van der Waals surface area contributed by atoms with Crippen molar-refractivity contribution in [2.24, 2.45) is 5.73 Å². The lowest BCUT2D eigenvalue weighted by Crippen LogP contribution is -2.20. The molecule has 0 spiro atoms. The number of imidazole rings is 1. The van der Waals surface area contributed by atoms with Crippen LogP contribution in [0.2, 0.25) is 0 Å². The van der Waals surface area contributed by atoms with E-state index in [1.807, 2.05) is 31.0 Å². The van der Waals surface area contributed by atoms with Gasteiger partial charge in [-0.25, -0.2) is 4.98 Å². The van der Waals surface area contributed by atoms with Crippen LogP contribution in [0.1, 0.15) is 17.6 Å². The zero-order valence-corrected chi connectivity index (χ0v) is 9.44. The van der Waals surface area contributed by atoms with E-state index >= 15 is 0 Å². The number of hydrogen-bond donors (Lipinski definition) is 1. The second-order valence-electron chi connectivity index (χ2n) is 3.62. The van der Waals surface area contributed by atoms with Gasteiger partial charge in [0.25, 0.3) is 0 Å². The molecule has 0 aliphatic carbocycles. The van der Waals surface area contributed by atoms with E-state index in [9.17, 15) is 0 Å². The molecule has 0 bridgehead atoms. The van der Waals surface area contributed by atoms with Gasteiger partial charge >= 0.3 is 0 Å². The maximum atomic E-state index is 5.76. The zero-order valence-electron chi connectivity index (χ0n) is 8.63. The van der Waals surface area contributed by atoms with Crippen LogP contribution in [0.4, 0.5) is 0 Å². The van der Waals surface area contributed by atoms with E-state index in [2.05, 4.69) is 14.5 Å². The van der Waals surface area contributed by atoms with Crippen molar-refractivity contribution < 1.29 is 0 Å². The van der Waals surface area contributed by atoms with E-state index in [-0.39, 0.29) is 6.04 Å². The maximum absolute atomic E-state index is 5.76. The molecule has 2 aromatic rings. The molecule has 0 saturated carbocycles. The van der Waals surface area contributed by atoms with Gasteiger partial charge in [0.15, 0.2) is 0 Å². The monoisotopic (exact) mass is 222 g/mol. The first-order valence-electron chi connectivity index (χ1n) is 4.88. The van der Waals surface area contributed by atoms with Gasteiger partial charge in [0, 0.05) is 35.9 Å². The predicted molar refractivity (Wildman–Crippen MR) is 60.8 cm³/mol. The van der Waals surface area contributed by atoms with Crippen LogP contribution in [0.15, 0.2) is 24.1 Å². The SMILES string of the molecule is CC(N)Cc1nccn1Cc1cncs1. The van der Waals surface area contributed by atoms with Crippen LogP contribution in [-0.4, -0.2) is 20.6 Å². The molecule has 1 unspecified atom stereocenters. The Morgan fingerprint density at radius 1 is 1.60 bits per heavy atom. The van der Waals surface area contributed by atoms with E-state index in [0.717, 1.165) is 18.8 Å². The van der Waals surface area contributed by atoms with E-state index in [4.69, 9.17) is 5.73 Å². The van der Waals surface area contributed by atoms with Crippen molar-refractivity contribution in [3.8, 4) is 0 Å². The van der Waals surface area contributed by atoms with Crippen molar-refractivity contribution >= 4 is 11.3 Å². The van der Waals surface area contributed by atoms with Crippen LogP contribution in [0.5, 0.6) is 0 Å². The van der Waals surface area contributed by atoms with Crippen LogP contribution in [0.25, 0.3) is 0 Å². The van der Waals surface area contributed by atoms with Crippen molar-refractivity contribution in [1.82, 2.24) is 14.5 Å². The highest BCUT2D eigenvalue weighted by atomic mass is 32.1. The lowest BCUT2D eigenvalue weighted by atomic mass is 10.2. The standard InChI is InChI=1S/C10H14N4S/c1-8(11)4-10-13-2-3-14(10)6-9-5-12-7-15-9/h2-3,5,7-8H,4,6,11H2,1H3. The summed E-state index contributed by atoms with van der Waals surface area (Å²) >= 11 is 1.66. The molecule has 0 radical (unpaired) electrons. The molecule has 0 aliphatic rings. The summed E-state index contributed by atoms with van der Waals surface area (Å²) in [6.07, 6.45) is 6.50. The van der Waals surface area contributed by atoms with Gasteiger partial charge in [0.2, 0.25) is 0 Å². The minimum atomic E-state index is 0.146. The van der Waals surface area contributed by atoms with Gasteiger partial charge in [-0.1, -0.05) is 0 Å². The molecule has 0 saturated heterocycles. The summed E-state index contributed by atoms with van der Waals surface area (Å²) in [5.41, 5.74) is 7.61. The smallest absolute Gasteiger partial charge is 0.110 e. The number of rotatable bonds is 4. The van der Waals surface area contributed by atoms with Gasteiger partial charge in [0.1, 0.15) is 5.82 Å². The first-order chi connectivity index (χ1) is 7.25. The summed E-state index contributed by atoms with van der Waals surface area (Å²) in [7, 11) is 0. The molecule has 5 heteroatoms. The largest absolute Gasteiger partial charge is 0.330 e. The molecule has 2 rings (SSSR count). The molecule has 2 heterocycles. The molecule has 0 aliphatic heterocycles. The Balaban J connectivity index is 2.11. The number of thiazole rings is 1. The molecular weight excluding hydrogens is 208 g/mol. The molecule has 0 amide bonds. The van der Waals surface area contributed by atoms with E-state index < -0.39 is 0 Å². The van der Waals surface area contributed by atoms with Gasteiger partial charge in [-0.05, 0) is 6.92 Å². The van der Waals surface area contributed by atoms with Crippen LogP contribution in [0, 0.1) is 0 Å². The van der Waals surface area contributed by atoms with Crippen LogP contribution >= 0.6 is 11.3 Å². The molecular formula is C10H14N4S. The van der Waals surface area contributed by atoms with Crippen LogP contribution in [0.3, 0.4) is 0 Å². The van der Waals surface area contributed by atoms with Crippen LogP contribution in [-0.2, 0) is 13.0 Å². The van der Waals surface area contributed by atoms with Gasteiger partial charge < -0.3 is 10.3 Å². The molecule has 15 heavy (non-hydrogen) atoms. The number of hydrogen-bond acceptors (Lipinski definition) is 4. The minimum Gasteiger partial charge on any atom is -0.330 e. The highest BCUT2D eigenvalue weighted by Crippen LogP contribution is 2.10. The highest BCUT2D eigenvalue weighted by Gasteiger charge is 2.06. The minimum absolute atomic E-state index is 0.146. The third-order valence-corrected chi connectivity index (χ3v) is 2.88. The van der Waals surface area contributed by atoms with Crippen molar-refractivity contribution in [2.75, 3.05) is 0 Å². The number of nitrogens with two attached hydrogens (primary N) is 1. The van der Waals surface area contributed by atoms with E-state index in [0.29, 0.717) is 0 Å². The molecule has 1 atom stereocenters. The Bertz CT molecular complexity index is 405. The summed E-state index contributed by atoms with van der Waals surface area (Å²) in [4.78, 5) is 9.59. The fourth-order valence-electron chi connectivity index (χ4n) is 1.45. The average Bonchev–Trinajstić information content (AvgIpc) is 2.78. The van der Waals surface area contributed by atoms with Crippen molar-refractivity contribution in [2.45, 2.75) is 25.9 Å². The predicted octanol–water partition coefficient (Wildman–Crippen LogP) is 1.28. The summed E-state index contributed by atoms with van der Waals surface area (Å²) in [6, 6.07) is 0.146. The second-order valence-corrected chi connectivity index (χ2v) is 4.59. The number of aromatic nitrogens is 3. The Hall–Kier alpha value is -1.20. The second kappa shape index (κ2) is 4.55.